The molecule has 2 aliphatic heterocycles. The highest BCUT2D eigenvalue weighted by atomic mass is 35.5. The number of rotatable bonds is 9. The average Bonchev–Trinajstić information content (AvgIpc) is 3.44. The molecule has 11 heteroatoms. The van der Waals surface area contributed by atoms with Crippen LogP contribution in [0.2, 0.25) is 0 Å². The lowest BCUT2D eigenvalue weighted by Gasteiger charge is -2.30. The number of nitrogens with zero attached hydrogens (tertiary/aromatic N) is 2. The summed E-state index contributed by atoms with van der Waals surface area (Å²) in [6.45, 7) is 9.00. The van der Waals surface area contributed by atoms with Crippen molar-refractivity contribution in [2.75, 3.05) is 19.0 Å². The highest BCUT2D eigenvalue weighted by Crippen LogP contribution is 2.49. The number of fused-ring (bicyclic) bond motifs is 6. The third-order valence-electron chi connectivity index (χ3n) is 11.4. The van der Waals surface area contributed by atoms with Crippen molar-refractivity contribution in [3.8, 4) is 0 Å². The van der Waals surface area contributed by atoms with E-state index in [-0.39, 0.29) is 21.8 Å². The van der Waals surface area contributed by atoms with Gasteiger partial charge in [0.2, 0.25) is 5.69 Å². The molecule has 2 heterocycles. The van der Waals surface area contributed by atoms with Crippen molar-refractivity contribution in [1.29, 1.82) is 0 Å². The van der Waals surface area contributed by atoms with Crippen LogP contribution in [0.3, 0.4) is 0 Å². The van der Waals surface area contributed by atoms with Gasteiger partial charge in [0.1, 0.15) is 7.05 Å². The van der Waals surface area contributed by atoms with Gasteiger partial charge < -0.3 is 4.90 Å². The third-order valence-corrected chi connectivity index (χ3v) is 13.3. The number of hydrogen-bond acceptors (Lipinski definition) is 7. The third kappa shape index (κ3) is 6.69. The molecule has 2 N–H and O–H groups in total. The summed E-state index contributed by atoms with van der Waals surface area (Å²) in [6.07, 6.45) is 14.6. The van der Waals surface area contributed by atoms with Gasteiger partial charge in [0.15, 0.2) is 5.71 Å². The molecule has 1 atom stereocenters. The zero-order chi connectivity index (χ0) is 37.9. The predicted octanol–water partition coefficient (Wildman–Crippen LogP) is 10.6. The number of hydrogen-bond donors (Lipinski definition) is 2. The van der Waals surface area contributed by atoms with E-state index in [0.717, 1.165) is 86.2 Å². The van der Waals surface area contributed by atoms with E-state index in [1.807, 2.05) is 24.3 Å². The van der Waals surface area contributed by atoms with Crippen molar-refractivity contribution >= 4 is 72.4 Å². The minimum atomic E-state index is -4.29. The van der Waals surface area contributed by atoms with Crippen LogP contribution in [0.4, 0.5) is 11.4 Å². The monoisotopic (exact) mass is 771 g/mol. The van der Waals surface area contributed by atoms with Gasteiger partial charge in [0.25, 0.3) is 10.1 Å². The van der Waals surface area contributed by atoms with E-state index in [2.05, 4.69) is 109 Å². The molecule has 3 aliphatic rings. The normalized spacial score (nSPS) is 20.6. The lowest BCUT2D eigenvalue weighted by atomic mass is 9.78. The van der Waals surface area contributed by atoms with Crippen LogP contribution < -0.4 is 4.90 Å². The van der Waals surface area contributed by atoms with Crippen LogP contribution in [-0.4, -0.2) is 48.7 Å². The van der Waals surface area contributed by atoms with Gasteiger partial charge >= 0.3 is 0 Å². The van der Waals surface area contributed by atoms with Crippen LogP contribution in [0.25, 0.3) is 21.5 Å². The van der Waals surface area contributed by atoms with E-state index in [4.69, 9.17) is 16.9 Å². The Labute approximate surface area is 320 Å². The fourth-order valence-corrected chi connectivity index (χ4v) is 10.1. The van der Waals surface area contributed by atoms with Crippen LogP contribution in [0, 0.1) is 0 Å². The summed E-state index contributed by atoms with van der Waals surface area (Å²) in [6, 6.07) is 19.2. The van der Waals surface area contributed by atoms with Gasteiger partial charge in [-0.3, -0.25) is 4.55 Å². The molecule has 0 radical (unpaired) electrons. The van der Waals surface area contributed by atoms with E-state index in [1.54, 1.807) is 6.07 Å². The SMILES string of the molecule is CN1c2ccc3cc(S(=O)(=O)O)ccc3c2C(C)(C)C1/C=C/C=C1\CCCC(/C=C/CC2=[N+](C)c3ccc4cc(SOOO)ccc4c3C2(C)C)=C1Cl. The maximum absolute atomic E-state index is 11.8. The molecule has 0 fully saturated rings. The Morgan fingerprint density at radius 1 is 1.00 bits per heavy atom. The van der Waals surface area contributed by atoms with Crippen LogP contribution >= 0.6 is 23.6 Å². The Morgan fingerprint density at radius 3 is 2.47 bits per heavy atom. The standard InChI is InChI=1S/C42H43ClN2O6S2/c1-41(2)36(44(5)34-22-16-28-24-30(52-51-50-46)18-20-32(28)38(34)41)14-8-12-26-10-7-11-27(40(26)43)13-9-15-37-42(3,4)39-33-21-19-31(53(47,48)49)25-29(33)17-23-35(39)45(37)6/h8-9,12-13,15-25,37H,7,10-11,14H2,1-6H3,(H-,46,47,48,49)/p+1/b12-8+,15-9+,27-13+. The van der Waals surface area contributed by atoms with Crippen molar-refractivity contribution in [3.63, 3.8) is 0 Å². The lowest BCUT2D eigenvalue weighted by Crippen LogP contribution is -2.37. The maximum Gasteiger partial charge on any atom is 0.294 e. The smallest absolute Gasteiger partial charge is 0.294 e. The van der Waals surface area contributed by atoms with E-state index >= 15 is 0 Å². The van der Waals surface area contributed by atoms with Gasteiger partial charge in [0.05, 0.1) is 28.4 Å². The van der Waals surface area contributed by atoms with Crippen molar-refractivity contribution in [1.82, 2.24) is 0 Å². The van der Waals surface area contributed by atoms with Crippen LogP contribution in [-0.2, 0) is 30.3 Å². The van der Waals surface area contributed by atoms with Gasteiger partial charge in [-0.05, 0) is 108 Å². The Morgan fingerprint density at radius 2 is 1.72 bits per heavy atom. The molecule has 0 amide bonds. The van der Waals surface area contributed by atoms with Gasteiger partial charge in [-0.25, -0.2) is 9.83 Å². The molecule has 1 unspecified atom stereocenters. The molecular weight excluding hydrogens is 728 g/mol. The summed E-state index contributed by atoms with van der Waals surface area (Å²) in [5.41, 5.74) is 7.89. The number of allylic oxidation sites excluding steroid dienone is 7. The van der Waals surface area contributed by atoms with Gasteiger partial charge in [-0.1, -0.05) is 79.1 Å². The number of anilines is 1. The Balaban J connectivity index is 1.09. The highest BCUT2D eigenvalue weighted by molar-refractivity contribution is 7.94. The number of halogens is 1. The molecule has 4 aromatic carbocycles. The second-order valence-corrected chi connectivity index (χ2v) is 17.7. The van der Waals surface area contributed by atoms with Crippen LogP contribution in [0.1, 0.15) is 64.5 Å². The molecule has 8 nitrogen and oxygen atoms in total. The summed E-state index contributed by atoms with van der Waals surface area (Å²) in [5, 5.41) is 17.2. The fraction of sp³-hybridized carbons (Fsp3) is 0.310. The quantitative estimate of drug-likeness (QED) is 0.0571. The van der Waals surface area contributed by atoms with E-state index < -0.39 is 10.1 Å². The summed E-state index contributed by atoms with van der Waals surface area (Å²) in [7, 11) is -0.0549. The van der Waals surface area contributed by atoms with E-state index in [0.29, 0.717) is 0 Å². The average molecular weight is 772 g/mol. The molecule has 0 saturated heterocycles. The summed E-state index contributed by atoms with van der Waals surface area (Å²) in [5.74, 6) is 0. The largest absolute Gasteiger partial charge is 0.367 e. The van der Waals surface area contributed by atoms with Gasteiger partial charge in [0, 0.05) is 46.1 Å². The van der Waals surface area contributed by atoms with Crippen molar-refractivity contribution in [2.45, 2.75) is 80.0 Å². The topological polar surface area (TPSA) is 99.3 Å². The summed E-state index contributed by atoms with van der Waals surface area (Å²) in [4.78, 5) is 3.00. The van der Waals surface area contributed by atoms with Gasteiger partial charge in [-0.15, -0.1) is 4.33 Å². The molecular formula is C42H44ClN2O6S2+. The minimum absolute atomic E-state index is 0.0627. The highest BCUT2D eigenvalue weighted by Gasteiger charge is 2.45. The number of likely N-dealkylation sites (N-methyl/N-ethyl adjacent to an activating group) is 1. The van der Waals surface area contributed by atoms with Crippen molar-refractivity contribution < 1.29 is 32.2 Å². The predicted molar refractivity (Wildman–Crippen MR) is 215 cm³/mol. The molecule has 0 bridgehead atoms. The Bertz CT molecular complexity index is 2430. The lowest BCUT2D eigenvalue weighted by molar-refractivity contribution is -0.432. The van der Waals surface area contributed by atoms with Crippen LogP contribution in [0.15, 0.2) is 117 Å². The molecule has 276 valence electrons. The minimum Gasteiger partial charge on any atom is -0.367 e. The molecule has 1 aliphatic carbocycles. The number of benzene rings is 4. The molecule has 0 saturated carbocycles. The first-order valence-corrected chi connectivity index (χ1v) is 20.2. The first-order valence-electron chi connectivity index (χ1n) is 17.7. The summed E-state index contributed by atoms with van der Waals surface area (Å²) < 4.78 is 40.1. The molecule has 0 spiro atoms. The van der Waals surface area contributed by atoms with Crippen molar-refractivity contribution in [3.05, 3.63) is 118 Å². The zero-order valence-corrected chi connectivity index (χ0v) is 33.1. The Kier molecular flexibility index (Phi) is 10.0. The second-order valence-electron chi connectivity index (χ2n) is 15.2. The Hall–Kier alpha value is -3.74. The van der Waals surface area contributed by atoms with Crippen LogP contribution in [0.5, 0.6) is 0 Å². The first kappa shape index (κ1) is 37.6. The van der Waals surface area contributed by atoms with Crippen molar-refractivity contribution in [2.24, 2.45) is 0 Å². The molecule has 0 aromatic heterocycles. The summed E-state index contributed by atoms with van der Waals surface area (Å²) >= 11 is 8.04. The van der Waals surface area contributed by atoms with Gasteiger partial charge in [-0.2, -0.15) is 8.42 Å². The van der Waals surface area contributed by atoms with E-state index in [9.17, 15) is 13.0 Å². The maximum atomic E-state index is 11.8. The molecule has 4 aromatic rings. The molecule has 7 rings (SSSR count). The zero-order valence-electron chi connectivity index (χ0n) is 30.7. The second kappa shape index (κ2) is 14.2. The molecule has 53 heavy (non-hydrogen) atoms. The first-order chi connectivity index (χ1) is 25.1. The fourth-order valence-electron chi connectivity index (χ4n) is 8.82. The van der Waals surface area contributed by atoms with E-state index in [1.165, 1.54) is 34.5 Å².